The van der Waals surface area contributed by atoms with E-state index in [1.807, 2.05) is 51.1 Å². The van der Waals surface area contributed by atoms with Crippen LogP contribution in [0.25, 0.3) is 10.9 Å². The third kappa shape index (κ3) is 4.08. The Labute approximate surface area is 173 Å². The van der Waals surface area contributed by atoms with E-state index in [0.29, 0.717) is 21.1 Å². The number of carbonyl (C=O) groups excluding carboxylic acids is 1. The molecule has 146 valence electrons. The number of hydrogen-bond donors (Lipinski definition) is 0. The molecule has 7 heteroatoms. The van der Waals surface area contributed by atoms with Crippen molar-refractivity contribution >= 4 is 45.9 Å². The smallest absolute Gasteiger partial charge is 0.262 e. The molecule has 1 heterocycles. The van der Waals surface area contributed by atoms with Crippen molar-refractivity contribution in [2.45, 2.75) is 37.2 Å². The largest absolute Gasteiger partial charge is 0.315 e. The van der Waals surface area contributed by atoms with Crippen molar-refractivity contribution in [2.24, 2.45) is 0 Å². The summed E-state index contributed by atoms with van der Waals surface area (Å²) in [5, 5.41) is 1.13. The number of thioether (sulfide) groups is 1. The van der Waals surface area contributed by atoms with E-state index in [0.717, 1.165) is 5.69 Å². The number of anilines is 1. The molecule has 1 atom stereocenters. The first-order valence-corrected chi connectivity index (χ1v) is 10.3. The Morgan fingerprint density at radius 1 is 1.14 bits per heavy atom. The van der Waals surface area contributed by atoms with Crippen LogP contribution in [0.5, 0.6) is 0 Å². The Bertz CT molecular complexity index is 1070. The fourth-order valence-electron chi connectivity index (χ4n) is 2.95. The molecule has 0 fully saturated rings. The molecule has 5 nitrogen and oxygen atoms in total. The van der Waals surface area contributed by atoms with Crippen LogP contribution in [0.2, 0.25) is 5.02 Å². The number of rotatable bonds is 5. The Hall–Kier alpha value is -2.31. The van der Waals surface area contributed by atoms with Crippen LogP contribution >= 0.6 is 23.4 Å². The second-order valence-electron chi connectivity index (χ2n) is 6.82. The topological polar surface area (TPSA) is 55.2 Å². The number of nitrogens with zero attached hydrogens (tertiary/aromatic N) is 3. The van der Waals surface area contributed by atoms with Crippen LogP contribution in [-0.4, -0.2) is 27.8 Å². The van der Waals surface area contributed by atoms with Crippen molar-refractivity contribution in [1.29, 1.82) is 0 Å². The zero-order valence-corrected chi connectivity index (χ0v) is 17.8. The molecule has 28 heavy (non-hydrogen) atoms. The first kappa shape index (κ1) is 20.4. The molecular weight excluding hydrogens is 394 g/mol. The first-order chi connectivity index (χ1) is 13.3. The number of amides is 1. The third-order valence-corrected chi connectivity index (χ3v) is 5.74. The van der Waals surface area contributed by atoms with Gasteiger partial charge in [-0.2, -0.15) is 0 Å². The molecule has 0 N–H and O–H groups in total. The molecular formula is C21H22ClN3O2S. The molecule has 3 aromatic rings. The van der Waals surface area contributed by atoms with Gasteiger partial charge < -0.3 is 4.90 Å². The molecule has 1 aromatic heterocycles. The lowest BCUT2D eigenvalue weighted by atomic mass is 10.2. The summed E-state index contributed by atoms with van der Waals surface area (Å²) >= 11 is 7.36. The van der Waals surface area contributed by atoms with Gasteiger partial charge in [-0.1, -0.05) is 41.6 Å². The maximum atomic E-state index is 13.0. The highest BCUT2D eigenvalue weighted by atomic mass is 35.5. The van der Waals surface area contributed by atoms with Crippen molar-refractivity contribution in [3.05, 3.63) is 63.9 Å². The zero-order valence-electron chi connectivity index (χ0n) is 16.2. The van der Waals surface area contributed by atoms with E-state index in [-0.39, 0.29) is 17.5 Å². The molecule has 2 aromatic carbocycles. The molecule has 0 aliphatic rings. The predicted octanol–water partition coefficient (Wildman–Crippen LogP) is 4.77. The van der Waals surface area contributed by atoms with Gasteiger partial charge in [0.2, 0.25) is 5.91 Å². The minimum absolute atomic E-state index is 0.0630. The van der Waals surface area contributed by atoms with Gasteiger partial charge in [0.05, 0.1) is 16.2 Å². The van der Waals surface area contributed by atoms with Crippen molar-refractivity contribution < 1.29 is 4.79 Å². The van der Waals surface area contributed by atoms with Crippen LogP contribution in [0, 0.1) is 0 Å². The molecule has 0 aliphatic heterocycles. The van der Waals surface area contributed by atoms with Gasteiger partial charge in [0.15, 0.2) is 5.16 Å². The molecule has 0 spiro atoms. The lowest BCUT2D eigenvalue weighted by molar-refractivity contribution is -0.117. The van der Waals surface area contributed by atoms with E-state index in [1.165, 1.54) is 11.8 Å². The van der Waals surface area contributed by atoms with Gasteiger partial charge in [-0.3, -0.25) is 14.2 Å². The monoisotopic (exact) mass is 415 g/mol. The van der Waals surface area contributed by atoms with Gasteiger partial charge in [-0.15, -0.1) is 0 Å². The number of fused-ring (bicyclic) bond motifs is 1. The minimum atomic E-state index is -0.418. The van der Waals surface area contributed by atoms with E-state index < -0.39 is 5.25 Å². The van der Waals surface area contributed by atoms with Crippen LogP contribution in [0.15, 0.2) is 58.5 Å². The molecule has 1 amide bonds. The van der Waals surface area contributed by atoms with Gasteiger partial charge >= 0.3 is 0 Å². The van der Waals surface area contributed by atoms with Gasteiger partial charge in [0.25, 0.3) is 5.56 Å². The Morgan fingerprint density at radius 2 is 1.82 bits per heavy atom. The lowest BCUT2D eigenvalue weighted by Gasteiger charge is -2.23. The minimum Gasteiger partial charge on any atom is -0.315 e. The summed E-state index contributed by atoms with van der Waals surface area (Å²) in [5.74, 6) is -0.0630. The van der Waals surface area contributed by atoms with Gasteiger partial charge in [0, 0.05) is 23.8 Å². The fraction of sp³-hybridized carbons (Fsp3) is 0.286. The van der Waals surface area contributed by atoms with E-state index in [9.17, 15) is 9.59 Å². The third-order valence-electron chi connectivity index (χ3n) is 4.45. The number of para-hydroxylation sites is 1. The number of halogens is 1. The van der Waals surface area contributed by atoms with Gasteiger partial charge in [0.1, 0.15) is 0 Å². The summed E-state index contributed by atoms with van der Waals surface area (Å²) in [6, 6.07) is 14.4. The molecule has 0 unspecified atom stereocenters. The first-order valence-electron chi connectivity index (χ1n) is 9.00. The summed E-state index contributed by atoms with van der Waals surface area (Å²) < 4.78 is 1.63. The Kier molecular flexibility index (Phi) is 6.10. The van der Waals surface area contributed by atoms with Crippen LogP contribution < -0.4 is 10.5 Å². The average Bonchev–Trinajstić information content (AvgIpc) is 2.66. The van der Waals surface area contributed by atoms with E-state index in [4.69, 9.17) is 11.6 Å². The predicted molar refractivity (Wildman–Crippen MR) is 117 cm³/mol. The molecule has 0 aliphatic carbocycles. The zero-order chi connectivity index (χ0) is 20.4. The Morgan fingerprint density at radius 3 is 2.46 bits per heavy atom. The summed E-state index contributed by atoms with van der Waals surface area (Å²) in [5.41, 5.74) is 1.22. The standard InChI is InChI=1S/C21H22ClN3O2S/c1-13(2)25-20(27)17-11-10-15(22)12-18(17)23-21(25)28-14(3)19(26)24(4)16-8-6-5-7-9-16/h5-14H,1-4H3/t14-/m0/s1. The summed E-state index contributed by atoms with van der Waals surface area (Å²) in [7, 11) is 1.75. The van der Waals surface area contributed by atoms with E-state index >= 15 is 0 Å². The summed E-state index contributed by atoms with van der Waals surface area (Å²) in [4.78, 5) is 32.1. The van der Waals surface area contributed by atoms with Crippen molar-refractivity contribution in [1.82, 2.24) is 9.55 Å². The highest BCUT2D eigenvalue weighted by Crippen LogP contribution is 2.27. The highest BCUT2D eigenvalue weighted by molar-refractivity contribution is 8.00. The summed E-state index contributed by atoms with van der Waals surface area (Å²) in [6.07, 6.45) is 0. The SMILES string of the molecule is CC(C)n1c(S[C@@H](C)C(=O)N(C)c2ccccc2)nc2cc(Cl)ccc2c1=O. The summed E-state index contributed by atoms with van der Waals surface area (Å²) in [6.45, 7) is 5.68. The van der Waals surface area contributed by atoms with Crippen molar-refractivity contribution in [2.75, 3.05) is 11.9 Å². The van der Waals surface area contributed by atoms with Gasteiger partial charge in [-0.05, 0) is 51.1 Å². The number of hydrogen-bond acceptors (Lipinski definition) is 4. The molecule has 0 radical (unpaired) electrons. The van der Waals surface area contributed by atoms with Crippen LogP contribution in [0.1, 0.15) is 26.8 Å². The molecule has 0 saturated carbocycles. The average molecular weight is 416 g/mol. The van der Waals surface area contributed by atoms with E-state index in [1.54, 1.807) is 34.7 Å². The molecule has 0 bridgehead atoms. The van der Waals surface area contributed by atoms with Crippen LogP contribution in [0.4, 0.5) is 5.69 Å². The van der Waals surface area contributed by atoms with E-state index in [2.05, 4.69) is 4.98 Å². The van der Waals surface area contributed by atoms with Crippen LogP contribution in [-0.2, 0) is 4.79 Å². The lowest BCUT2D eigenvalue weighted by Crippen LogP contribution is -2.34. The second-order valence-corrected chi connectivity index (χ2v) is 8.56. The highest BCUT2D eigenvalue weighted by Gasteiger charge is 2.23. The molecule has 0 saturated heterocycles. The normalized spacial score (nSPS) is 12.4. The second kappa shape index (κ2) is 8.37. The Balaban J connectivity index is 1.97. The van der Waals surface area contributed by atoms with Gasteiger partial charge in [-0.25, -0.2) is 4.98 Å². The number of aromatic nitrogens is 2. The maximum Gasteiger partial charge on any atom is 0.262 e. The maximum absolute atomic E-state index is 13.0. The van der Waals surface area contributed by atoms with Crippen molar-refractivity contribution in [3.8, 4) is 0 Å². The number of carbonyl (C=O) groups is 1. The number of benzene rings is 2. The van der Waals surface area contributed by atoms with Crippen LogP contribution in [0.3, 0.4) is 0 Å². The fourth-order valence-corrected chi connectivity index (χ4v) is 4.25. The van der Waals surface area contributed by atoms with Crippen molar-refractivity contribution in [3.63, 3.8) is 0 Å². The molecule has 3 rings (SSSR count). The quantitative estimate of drug-likeness (QED) is 0.444.